The zero-order valence-corrected chi connectivity index (χ0v) is 18.8. The summed E-state index contributed by atoms with van der Waals surface area (Å²) in [5.41, 5.74) is 3.87. The Morgan fingerprint density at radius 1 is 1.26 bits per heavy atom. The van der Waals surface area contributed by atoms with Gasteiger partial charge in [-0.25, -0.2) is 0 Å². The molecule has 2 saturated carbocycles. The SMILES string of the molecule is CC(=O)O[C@H]1CC[C@@]2(C)C(C1)C(C#N)=C[C@@H]1[C@@H]2CC[C@]2(C)C(c3cccnc3)=CC[C@@H]12. The third kappa shape index (κ3) is 3.08. The van der Waals surface area contributed by atoms with Gasteiger partial charge in [0.05, 0.1) is 6.07 Å². The van der Waals surface area contributed by atoms with Crippen LogP contribution in [0.25, 0.3) is 5.57 Å². The average molecular weight is 417 g/mol. The predicted octanol–water partition coefficient (Wildman–Crippen LogP) is 5.72. The van der Waals surface area contributed by atoms with E-state index in [2.05, 4.69) is 43.1 Å². The topological polar surface area (TPSA) is 63.0 Å². The fraction of sp³-hybridized carbons (Fsp3) is 0.593. The monoisotopic (exact) mass is 416 g/mol. The van der Waals surface area contributed by atoms with Crippen LogP contribution in [-0.4, -0.2) is 17.1 Å². The van der Waals surface area contributed by atoms with Crippen LogP contribution < -0.4 is 0 Å². The van der Waals surface area contributed by atoms with E-state index in [1.807, 2.05) is 18.5 Å². The van der Waals surface area contributed by atoms with Crippen molar-refractivity contribution in [2.75, 3.05) is 0 Å². The van der Waals surface area contributed by atoms with E-state index < -0.39 is 0 Å². The molecule has 1 heterocycles. The predicted molar refractivity (Wildman–Crippen MR) is 119 cm³/mol. The molecule has 1 aromatic rings. The third-order valence-corrected chi connectivity index (χ3v) is 9.24. The average Bonchev–Trinajstić information content (AvgIpc) is 3.11. The highest BCUT2D eigenvalue weighted by atomic mass is 16.5. The number of nitriles is 1. The molecule has 2 fully saturated rings. The van der Waals surface area contributed by atoms with Crippen molar-refractivity contribution < 1.29 is 9.53 Å². The Labute approximate surface area is 185 Å². The fourth-order valence-electron chi connectivity index (χ4n) is 7.74. The zero-order valence-electron chi connectivity index (χ0n) is 18.8. The Hall–Kier alpha value is -2.41. The molecule has 1 aromatic heterocycles. The molecule has 0 bridgehead atoms. The largest absolute Gasteiger partial charge is 0.463 e. The lowest BCUT2D eigenvalue weighted by atomic mass is 9.45. The van der Waals surface area contributed by atoms with Gasteiger partial charge in [-0.15, -0.1) is 0 Å². The maximum absolute atomic E-state index is 11.5. The Morgan fingerprint density at radius 3 is 2.81 bits per heavy atom. The van der Waals surface area contributed by atoms with Gasteiger partial charge in [-0.3, -0.25) is 9.78 Å². The lowest BCUT2D eigenvalue weighted by molar-refractivity contribution is -0.152. The number of ether oxygens (including phenoxy) is 1. The van der Waals surface area contributed by atoms with Crippen molar-refractivity contribution in [2.45, 2.75) is 65.4 Å². The molecule has 7 atom stereocenters. The van der Waals surface area contributed by atoms with Crippen LogP contribution in [-0.2, 0) is 9.53 Å². The van der Waals surface area contributed by atoms with Gasteiger partial charge in [0, 0.05) is 30.8 Å². The first kappa shape index (κ1) is 20.5. The van der Waals surface area contributed by atoms with Gasteiger partial charge in [-0.2, -0.15) is 5.26 Å². The minimum Gasteiger partial charge on any atom is -0.463 e. The molecule has 0 N–H and O–H groups in total. The van der Waals surface area contributed by atoms with E-state index in [0.717, 1.165) is 31.3 Å². The van der Waals surface area contributed by atoms with Crippen molar-refractivity contribution in [3.05, 3.63) is 47.8 Å². The number of hydrogen-bond donors (Lipinski definition) is 0. The summed E-state index contributed by atoms with van der Waals surface area (Å²) in [5.74, 6) is 1.55. The van der Waals surface area contributed by atoms with Crippen LogP contribution in [0.15, 0.2) is 42.3 Å². The second-order valence-electron chi connectivity index (χ2n) is 10.6. The number of pyridine rings is 1. The third-order valence-electron chi connectivity index (χ3n) is 9.24. The number of carbonyl (C=O) groups excluding carboxylic acids is 1. The standard InChI is InChI=1S/C27H32N2O2/c1-17(30)31-20-8-10-27(3)24-9-11-26(2)22(18-5-4-12-29-16-18)6-7-23(26)21(24)13-19(15-28)25(27)14-20/h4-6,12-13,16,20-21,23-25H,7-11,14H2,1-3H3/t20-,21-,23-,24-,25?,26+,27+/m0/s1. The van der Waals surface area contributed by atoms with Gasteiger partial charge in [-0.05, 0) is 84.3 Å². The normalized spacial score (nSPS) is 41.0. The van der Waals surface area contributed by atoms with Crippen LogP contribution >= 0.6 is 0 Å². The molecule has 1 unspecified atom stereocenters. The van der Waals surface area contributed by atoms with Crippen LogP contribution in [0.2, 0.25) is 0 Å². The second kappa shape index (κ2) is 7.33. The Morgan fingerprint density at radius 2 is 2.10 bits per heavy atom. The molecule has 5 rings (SSSR count). The van der Waals surface area contributed by atoms with E-state index in [4.69, 9.17) is 4.74 Å². The van der Waals surface area contributed by atoms with Gasteiger partial charge in [0.1, 0.15) is 6.10 Å². The second-order valence-corrected chi connectivity index (χ2v) is 10.6. The van der Waals surface area contributed by atoms with Gasteiger partial charge >= 0.3 is 5.97 Å². The van der Waals surface area contributed by atoms with Crippen molar-refractivity contribution in [3.63, 3.8) is 0 Å². The molecule has 0 aromatic carbocycles. The molecule has 0 amide bonds. The summed E-state index contributed by atoms with van der Waals surface area (Å²) >= 11 is 0. The first-order valence-corrected chi connectivity index (χ1v) is 11.8. The number of rotatable bonds is 2. The van der Waals surface area contributed by atoms with Crippen molar-refractivity contribution >= 4 is 11.5 Å². The molecule has 0 saturated heterocycles. The Balaban J connectivity index is 1.48. The van der Waals surface area contributed by atoms with E-state index in [9.17, 15) is 10.1 Å². The van der Waals surface area contributed by atoms with Gasteiger partial charge in [-0.1, -0.05) is 32.1 Å². The number of nitrogens with zero attached hydrogens (tertiary/aromatic N) is 2. The number of hydrogen-bond acceptors (Lipinski definition) is 4. The van der Waals surface area contributed by atoms with Gasteiger partial charge in [0.2, 0.25) is 0 Å². The van der Waals surface area contributed by atoms with Crippen molar-refractivity contribution in [1.82, 2.24) is 4.98 Å². The molecular formula is C27H32N2O2. The molecule has 0 aliphatic heterocycles. The number of aromatic nitrogens is 1. The summed E-state index contributed by atoms with van der Waals surface area (Å²) in [4.78, 5) is 15.9. The fourth-order valence-corrected chi connectivity index (χ4v) is 7.74. The maximum Gasteiger partial charge on any atom is 0.302 e. The summed E-state index contributed by atoms with van der Waals surface area (Å²) in [7, 11) is 0. The highest BCUT2D eigenvalue weighted by Gasteiger charge is 2.59. The summed E-state index contributed by atoms with van der Waals surface area (Å²) in [6, 6.07) is 6.78. The smallest absolute Gasteiger partial charge is 0.302 e. The lowest BCUT2D eigenvalue weighted by Crippen LogP contribution is -2.53. The minimum atomic E-state index is -0.210. The molecule has 0 radical (unpaired) electrons. The van der Waals surface area contributed by atoms with E-state index >= 15 is 0 Å². The number of carbonyl (C=O) groups is 1. The molecule has 162 valence electrons. The molecule has 31 heavy (non-hydrogen) atoms. The molecule has 0 spiro atoms. The summed E-state index contributed by atoms with van der Waals surface area (Å²) in [6.45, 7) is 6.34. The van der Waals surface area contributed by atoms with Gasteiger partial charge in [0.15, 0.2) is 0 Å². The van der Waals surface area contributed by atoms with Crippen molar-refractivity contribution in [1.29, 1.82) is 5.26 Å². The van der Waals surface area contributed by atoms with Crippen LogP contribution in [0.1, 0.15) is 64.9 Å². The van der Waals surface area contributed by atoms with Crippen molar-refractivity contribution in [3.8, 4) is 6.07 Å². The lowest BCUT2D eigenvalue weighted by Gasteiger charge is -2.59. The van der Waals surface area contributed by atoms with Crippen LogP contribution in [0.4, 0.5) is 0 Å². The van der Waals surface area contributed by atoms with E-state index in [0.29, 0.717) is 17.8 Å². The number of allylic oxidation sites excluding steroid dienone is 4. The minimum absolute atomic E-state index is 0.0527. The summed E-state index contributed by atoms with van der Waals surface area (Å²) in [6.07, 6.45) is 14.7. The van der Waals surface area contributed by atoms with Crippen molar-refractivity contribution in [2.24, 2.45) is 34.5 Å². The van der Waals surface area contributed by atoms with E-state index in [1.165, 1.54) is 30.9 Å². The number of esters is 1. The van der Waals surface area contributed by atoms with E-state index in [-0.39, 0.29) is 28.8 Å². The molecule has 4 aliphatic carbocycles. The molecular weight excluding hydrogens is 384 g/mol. The van der Waals surface area contributed by atoms with Gasteiger partial charge < -0.3 is 4.74 Å². The van der Waals surface area contributed by atoms with Gasteiger partial charge in [0.25, 0.3) is 0 Å². The van der Waals surface area contributed by atoms with Crippen LogP contribution in [0.5, 0.6) is 0 Å². The van der Waals surface area contributed by atoms with E-state index in [1.54, 1.807) is 0 Å². The van der Waals surface area contributed by atoms with Crippen LogP contribution in [0, 0.1) is 45.8 Å². The first-order valence-electron chi connectivity index (χ1n) is 11.8. The Kier molecular flexibility index (Phi) is 4.84. The summed E-state index contributed by atoms with van der Waals surface area (Å²) in [5, 5.41) is 10.1. The van der Waals surface area contributed by atoms with Crippen LogP contribution in [0.3, 0.4) is 0 Å². The highest BCUT2D eigenvalue weighted by Crippen LogP contribution is 2.67. The molecule has 4 aliphatic rings. The molecule has 4 nitrogen and oxygen atoms in total. The highest BCUT2D eigenvalue weighted by molar-refractivity contribution is 5.72. The maximum atomic E-state index is 11.5. The summed E-state index contributed by atoms with van der Waals surface area (Å²) < 4.78 is 5.57. The Bertz CT molecular complexity index is 990. The quantitative estimate of drug-likeness (QED) is 0.579. The number of fused-ring (bicyclic) bond motifs is 5. The molecule has 4 heteroatoms. The zero-order chi connectivity index (χ0) is 21.8. The first-order chi connectivity index (χ1) is 14.9.